The molecule has 6 nitrogen and oxygen atoms in total. The van der Waals surface area contributed by atoms with Crippen LogP contribution in [0.15, 0.2) is 12.2 Å². The molecule has 178 valence electrons. The number of rotatable bonds is 4. The molecule has 0 saturated heterocycles. The molecule has 0 radical (unpaired) electrons. The maximum atomic E-state index is 12.2. The number of esters is 3. The van der Waals surface area contributed by atoms with Crippen LogP contribution in [-0.4, -0.2) is 36.7 Å². The quantitative estimate of drug-likeness (QED) is 0.357. The lowest BCUT2D eigenvalue weighted by Crippen LogP contribution is -2.65. The zero-order chi connectivity index (χ0) is 23.5. The highest BCUT2D eigenvalue weighted by atomic mass is 16.6. The van der Waals surface area contributed by atoms with E-state index in [0.717, 1.165) is 12.8 Å². The number of hydrogen-bond donors (Lipinski definition) is 0. The van der Waals surface area contributed by atoms with Gasteiger partial charge in [0.15, 0.2) is 0 Å². The van der Waals surface area contributed by atoms with Gasteiger partial charge in [0.1, 0.15) is 18.8 Å². The molecule has 3 fully saturated rings. The molecule has 0 unspecified atom stereocenters. The fraction of sp³-hybridized carbons (Fsp3) is 0.808. The second-order valence-corrected chi connectivity index (χ2v) is 11.8. The number of carbonyl (C=O) groups is 3. The van der Waals surface area contributed by atoms with Crippen LogP contribution in [0.1, 0.15) is 80.1 Å². The van der Waals surface area contributed by atoms with Crippen LogP contribution < -0.4 is 0 Å². The largest absolute Gasteiger partial charge is 0.465 e. The lowest BCUT2D eigenvalue weighted by Gasteiger charge is -2.66. The Bertz CT molecular complexity index is 845. The molecule has 0 aromatic carbocycles. The Morgan fingerprint density at radius 2 is 1.47 bits per heavy atom. The van der Waals surface area contributed by atoms with Crippen molar-refractivity contribution in [3.8, 4) is 0 Å². The van der Waals surface area contributed by atoms with Crippen LogP contribution in [0, 0.1) is 33.5 Å². The van der Waals surface area contributed by atoms with E-state index in [9.17, 15) is 14.4 Å². The normalized spacial score (nSPS) is 43.6. The molecule has 3 saturated carbocycles. The molecular weight excluding hydrogens is 408 g/mol. The van der Waals surface area contributed by atoms with Crippen LogP contribution in [0.3, 0.4) is 0 Å². The third kappa shape index (κ3) is 3.49. The minimum absolute atomic E-state index is 0.0546. The average Bonchev–Trinajstić information content (AvgIpc) is 2.99. The van der Waals surface area contributed by atoms with Gasteiger partial charge in [0, 0.05) is 26.2 Å². The fourth-order valence-electron chi connectivity index (χ4n) is 8.22. The van der Waals surface area contributed by atoms with Gasteiger partial charge in [0.05, 0.1) is 5.41 Å². The summed E-state index contributed by atoms with van der Waals surface area (Å²) in [6.07, 6.45) is 9.38. The van der Waals surface area contributed by atoms with E-state index in [0.29, 0.717) is 18.8 Å². The summed E-state index contributed by atoms with van der Waals surface area (Å²) in [4.78, 5) is 35.9. The second-order valence-electron chi connectivity index (χ2n) is 11.8. The van der Waals surface area contributed by atoms with Gasteiger partial charge in [-0.25, -0.2) is 0 Å². The van der Waals surface area contributed by atoms with Crippen molar-refractivity contribution >= 4 is 17.9 Å². The maximum Gasteiger partial charge on any atom is 0.302 e. The smallest absolute Gasteiger partial charge is 0.302 e. The minimum Gasteiger partial charge on any atom is -0.465 e. The van der Waals surface area contributed by atoms with Crippen LogP contribution in [-0.2, 0) is 28.6 Å². The maximum absolute atomic E-state index is 12.2. The van der Waals surface area contributed by atoms with E-state index < -0.39 is 5.41 Å². The number of fused-ring (bicyclic) bond motifs is 3. The Kier molecular flexibility index (Phi) is 5.53. The van der Waals surface area contributed by atoms with Gasteiger partial charge in [-0.2, -0.15) is 0 Å². The molecule has 0 aromatic heterocycles. The van der Waals surface area contributed by atoms with Crippen molar-refractivity contribution in [2.45, 2.75) is 92.3 Å². The van der Waals surface area contributed by atoms with Crippen molar-refractivity contribution in [2.24, 2.45) is 33.5 Å². The lowest BCUT2D eigenvalue weighted by atomic mass is 9.39. The van der Waals surface area contributed by atoms with Gasteiger partial charge in [0.25, 0.3) is 0 Å². The molecule has 0 heterocycles. The molecule has 7 atom stereocenters. The predicted octanol–water partition coefficient (Wildman–Crippen LogP) is 4.60. The average molecular weight is 447 g/mol. The highest BCUT2D eigenvalue weighted by Crippen LogP contribution is 2.72. The van der Waals surface area contributed by atoms with Crippen molar-refractivity contribution in [1.82, 2.24) is 0 Å². The summed E-state index contributed by atoms with van der Waals surface area (Å²) in [5.41, 5.74) is -0.710. The molecule has 2 bridgehead atoms. The van der Waals surface area contributed by atoms with E-state index in [2.05, 4.69) is 32.9 Å². The summed E-state index contributed by atoms with van der Waals surface area (Å²) in [5.74, 6) is -0.294. The van der Waals surface area contributed by atoms with Gasteiger partial charge < -0.3 is 14.2 Å². The topological polar surface area (TPSA) is 78.9 Å². The van der Waals surface area contributed by atoms with Gasteiger partial charge in [-0.3, -0.25) is 14.4 Å². The Morgan fingerprint density at radius 3 is 2.09 bits per heavy atom. The Hall–Kier alpha value is -1.85. The van der Waals surface area contributed by atoms with Gasteiger partial charge in [-0.05, 0) is 54.8 Å². The van der Waals surface area contributed by atoms with Gasteiger partial charge in [-0.15, -0.1) is 0 Å². The third-order valence-electron chi connectivity index (χ3n) is 9.38. The molecule has 0 N–H and O–H groups in total. The first kappa shape index (κ1) is 23.3. The first-order valence-electron chi connectivity index (χ1n) is 12.0. The lowest BCUT2D eigenvalue weighted by molar-refractivity contribution is -0.227. The SMILES string of the molecule is CC(=O)OC[C@@]12C=C[C@]3(C1)[C@@H](OC(C)=O)C[C@@H]1C(C)(C)CCC[C@@]1(C)[C@@H]3C[C@H]2OC(C)=O. The van der Waals surface area contributed by atoms with Crippen LogP contribution in [0.25, 0.3) is 0 Å². The zero-order valence-electron chi connectivity index (χ0n) is 20.4. The van der Waals surface area contributed by atoms with Crippen molar-refractivity contribution in [2.75, 3.05) is 6.61 Å². The van der Waals surface area contributed by atoms with Crippen molar-refractivity contribution in [3.05, 3.63) is 12.2 Å². The van der Waals surface area contributed by atoms with Crippen molar-refractivity contribution < 1.29 is 28.6 Å². The second kappa shape index (κ2) is 7.59. The number of carbonyl (C=O) groups excluding carboxylic acids is 3. The molecule has 0 amide bonds. The molecular formula is C26H38O6. The highest BCUT2D eigenvalue weighted by molar-refractivity contribution is 5.67. The molecule has 6 heteroatoms. The summed E-state index contributed by atoms with van der Waals surface area (Å²) >= 11 is 0. The van der Waals surface area contributed by atoms with Gasteiger partial charge in [0.2, 0.25) is 0 Å². The van der Waals surface area contributed by atoms with Crippen molar-refractivity contribution in [3.63, 3.8) is 0 Å². The molecule has 1 spiro atoms. The van der Waals surface area contributed by atoms with Gasteiger partial charge >= 0.3 is 17.9 Å². The van der Waals surface area contributed by atoms with Crippen LogP contribution in [0.5, 0.6) is 0 Å². The van der Waals surface area contributed by atoms with E-state index in [1.54, 1.807) is 0 Å². The van der Waals surface area contributed by atoms with Crippen LogP contribution >= 0.6 is 0 Å². The Balaban J connectivity index is 1.80. The summed E-state index contributed by atoms with van der Waals surface area (Å²) < 4.78 is 17.4. The van der Waals surface area contributed by atoms with Crippen LogP contribution in [0.2, 0.25) is 0 Å². The summed E-state index contributed by atoms with van der Waals surface area (Å²) in [6.45, 7) is 11.6. The highest BCUT2D eigenvalue weighted by Gasteiger charge is 2.70. The molecule has 32 heavy (non-hydrogen) atoms. The van der Waals surface area contributed by atoms with E-state index in [-0.39, 0.29) is 58.9 Å². The van der Waals surface area contributed by atoms with Gasteiger partial charge in [-0.1, -0.05) is 39.3 Å². The third-order valence-corrected chi connectivity index (χ3v) is 9.38. The molecule has 0 aliphatic heterocycles. The van der Waals surface area contributed by atoms with Crippen molar-refractivity contribution in [1.29, 1.82) is 0 Å². The van der Waals surface area contributed by atoms with E-state index in [4.69, 9.17) is 14.2 Å². The zero-order valence-corrected chi connectivity index (χ0v) is 20.4. The first-order chi connectivity index (χ1) is 14.8. The Morgan fingerprint density at radius 1 is 0.844 bits per heavy atom. The number of ether oxygens (including phenoxy) is 3. The van der Waals surface area contributed by atoms with E-state index in [1.165, 1.54) is 33.6 Å². The van der Waals surface area contributed by atoms with Crippen LogP contribution in [0.4, 0.5) is 0 Å². The first-order valence-corrected chi connectivity index (χ1v) is 12.0. The summed E-state index contributed by atoms with van der Waals surface area (Å²) in [7, 11) is 0. The van der Waals surface area contributed by atoms with E-state index in [1.807, 2.05) is 0 Å². The fourth-order valence-corrected chi connectivity index (χ4v) is 8.22. The molecule has 0 aromatic rings. The molecule has 4 aliphatic carbocycles. The predicted molar refractivity (Wildman–Crippen MR) is 118 cm³/mol. The monoisotopic (exact) mass is 446 g/mol. The molecule has 4 aliphatic rings. The molecule has 4 rings (SSSR count). The number of hydrogen-bond acceptors (Lipinski definition) is 6. The minimum atomic E-state index is -0.584. The standard InChI is InChI=1S/C26H38O6/c1-16(27)30-15-25-10-11-26(14-25)20(13-21(25)31-17(2)28)24(6)9-7-8-23(4,5)19(24)12-22(26)32-18(3)29/h10-11,19-22H,7-9,12-15H2,1-6H3/t19-,20+,21-,22+,24-,25-,26-/m1/s1. The summed E-state index contributed by atoms with van der Waals surface area (Å²) in [6, 6.07) is 0. The summed E-state index contributed by atoms with van der Waals surface area (Å²) in [5, 5.41) is 0. The Labute approximate surface area is 191 Å². The van der Waals surface area contributed by atoms with E-state index >= 15 is 0 Å².